The van der Waals surface area contributed by atoms with Crippen molar-refractivity contribution in [2.45, 2.75) is 0 Å². The second kappa shape index (κ2) is 17.9. The number of pyridine rings is 2. The Bertz CT molecular complexity index is 3400. The van der Waals surface area contributed by atoms with E-state index >= 15 is 0 Å². The van der Waals surface area contributed by atoms with Gasteiger partial charge in [-0.05, 0) is 58.1 Å². The zero-order chi connectivity index (χ0) is 44.1. The van der Waals surface area contributed by atoms with Gasteiger partial charge < -0.3 is 0 Å². The van der Waals surface area contributed by atoms with Gasteiger partial charge in [-0.15, -0.1) is 0 Å². The van der Waals surface area contributed by atoms with Crippen molar-refractivity contribution in [1.29, 1.82) is 0 Å². The van der Waals surface area contributed by atoms with Crippen LogP contribution in [0.15, 0.2) is 231 Å². The Balaban J connectivity index is 1.12. The zero-order valence-electron chi connectivity index (χ0n) is 35.5. The van der Waals surface area contributed by atoms with Crippen LogP contribution in [-0.2, 0) is 0 Å². The van der Waals surface area contributed by atoms with Crippen molar-refractivity contribution in [2.24, 2.45) is 0 Å². The number of hydrogen-bond donors (Lipinski definition) is 0. The number of hydrogen-bond acceptors (Lipinski definition) is 8. The molecule has 0 saturated heterocycles. The first-order valence-electron chi connectivity index (χ1n) is 21.7. The Morgan fingerprint density at radius 2 is 0.667 bits per heavy atom. The van der Waals surface area contributed by atoms with Gasteiger partial charge >= 0.3 is 0 Å². The van der Waals surface area contributed by atoms with E-state index in [-0.39, 0.29) is 0 Å². The van der Waals surface area contributed by atoms with Crippen LogP contribution < -0.4 is 0 Å². The fourth-order valence-electron chi connectivity index (χ4n) is 8.16. The van der Waals surface area contributed by atoms with Gasteiger partial charge in [0.1, 0.15) is 0 Å². The molecule has 8 heteroatoms. The molecule has 0 aliphatic carbocycles. The minimum absolute atomic E-state index is 0.543. The van der Waals surface area contributed by atoms with E-state index in [0.29, 0.717) is 34.9 Å². The first-order valence-corrected chi connectivity index (χ1v) is 21.7. The molecule has 11 aromatic rings. The van der Waals surface area contributed by atoms with Gasteiger partial charge in [0.05, 0.1) is 5.69 Å². The van der Waals surface area contributed by atoms with Gasteiger partial charge in [-0.3, -0.25) is 9.97 Å². The molecule has 66 heavy (non-hydrogen) atoms. The van der Waals surface area contributed by atoms with Gasteiger partial charge in [0.25, 0.3) is 0 Å². The first-order chi connectivity index (χ1) is 32.7. The molecule has 0 aliphatic rings. The highest BCUT2D eigenvalue weighted by Gasteiger charge is 2.22. The lowest BCUT2D eigenvalue weighted by Gasteiger charge is -2.18. The minimum Gasteiger partial charge on any atom is -0.264 e. The summed E-state index contributed by atoms with van der Waals surface area (Å²) in [6.45, 7) is 0. The number of nitrogens with zero attached hydrogens (tertiary/aromatic N) is 8. The molecule has 310 valence electrons. The highest BCUT2D eigenvalue weighted by atomic mass is 15.0. The molecule has 4 heterocycles. The van der Waals surface area contributed by atoms with Gasteiger partial charge in [-0.2, -0.15) is 0 Å². The summed E-state index contributed by atoms with van der Waals surface area (Å²) < 4.78 is 0. The molecule has 0 radical (unpaired) electrons. The monoisotopic (exact) mass is 846 g/mol. The molecule has 0 spiro atoms. The molecule has 0 aliphatic heterocycles. The normalized spacial score (nSPS) is 11.0. The molecular formula is C58H38N8. The van der Waals surface area contributed by atoms with Crippen molar-refractivity contribution in [1.82, 2.24) is 39.9 Å². The molecule has 11 rings (SSSR count). The molecule has 0 bridgehead atoms. The summed E-state index contributed by atoms with van der Waals surface area (Å²) in [4.78, 5) is 40.0. The summed E-state index contributed by atoms with van der Waals surface area (Å²) in [5.74, 6) is 3.43. The van der Waals surface area contributed by atoms with Crippen LogP contribution in [0.2, 0.25) is 0 Å². The van der Waals surface area contributed by atoms with E-state index in [9.17, 15) is 0 Å². The fourth-order valence-corrected chi connectivity index (χ4v) is 8.16. The van der Waals surface area contributed by atoms with Crippen LogP contribution in [0.25, 0.3) is 113 Å². The highest BCUT2D eigenvalue weighted by Crippen LogP contribution is 2.43. The summed E-state index contributed by atoms with van der Waals surface area (Å²) in [7, 11) is 0. The maximum Gasteiger partial charge on any atom is 0.164 e. The Morgan fingerprint density at radius 1 is 0.227 bits per heavy atom. The van der Waals surface area contributed by atoms with Crippen LogP contribution >= 0.6 is 0 Å². The third kappa shape index (κ3) is 8.14. The molecule has 4 aromatic heterocycles. The van der Waals surface area contributed by atoms with E-state index in [4.69, 9.17) is 34.9 Å². The van der Waals surface area contributed by atoms with Crippen molar-refractivity contribution in [3.8, 4) is 113 Å². The molecular weight excluding hydrogens is 809 g/mol. The lowest BCUT2D eigenvalue weighted by Crippen LogP contribution is -2.02. The van der Waals surface area contributed by atoms with E-state index < -0.39 is 0 Å². The smallest absolute Gasteiger partial charge is 0.164 e. The van der Waals surface area contributed by atoms with Crippen LogP contribution in [0, 0.1) is 0 Å². The molecule has 0 fully saturated rings. The van der Waals surface area contributed by atoms with Crippen molar-refractivity contribution in [3.63, 3.8) is 0 Å². The van der Waals surface area contributed by atoms with Crippen molar-refractivity contribution in [2.75, 3.05) is 0 Å². The predicted octanol–water partition coefficient (Wildman–Crippen LogP) is 13.5. The SMILES string of the molecule is c1ccc(-c2nc(-c3ccccc3)nc(-c3ccccc3-c3ccc(-c4ccccn4)cc3-c3ccccc3-c3nc(-c4ccccc4)nc(-c4cccc(-c5cccnc5)c4)n3)n2)cc1. The van der Waals surface area contributed by atoms with Gasteiger partial charge in [0.15, 0.2) is 34.9 Å². The number of aromatic nitrogens is 8. The van der Waals surface area contributed by atoms with Crippen LogP contribution in [0.1, 0.15) is 0 Å². The van der Waals surface area contributed by atoms with Gasteiger partial charge in [0.2, 0.25) is 0 Å². The predicted molar refractivity (Wildman–Crippen MR) is 263 cm³/mol. The lowest BCUT2D eigenvalue weighted by molar-refractivity contribution is 1.07. The average molecular weight is 847 g/mol. The number of rotatable bonds is 10. The maximum atomic E-state index is 5.27. The summed E-state index contributed by atoms with van der Waals surface area (Å²) in [6, 6.07) is 71.5. The largest absolute Gasteiger partial charge is 0.264 e. The third-order valence-electron chi connectivity index (χ3n) is 11.4. The maximum absolute atomic E-state index is 5.27. The molecule has 0 unspecified atom stereocenters. The van der Waals surface area contributed by atoms with Crippen molar-refractivity contribution in [3.05, 3.63) is 231 Å². The summed E-state index contributed by atoms with van der Waals surface area (Å²) >= 11 is 0. The Morgan fingerprint density at radius 3 is 1.20 bits per heavy atom. The third-order valence-corrected chi connectivity index (χ3v) is 11.4. The molecule has 0 N–H and O–H groups in total. The van der Waals surface area contributed by atoms with Crippen LogP contribution in [0.3, 0.4) is 0 Å². The second-order valence-corrected chi connectivity index (χ2v) is 15.6. The van der Waals surface area contributed by atoms with Crippen molar-refractivity contribution >= 4 is 0 Å². The minimum atomic E-state index is 0.543. The standard InChI is InChI=1S/C58H38N8/c1-4-18-39(19-5-1)53-61-54(40-20-6-2-7-21-40)64-57(63-53)49-29-12-10-27-46(49)48-33-32-43(52-31-14-15-35-60-52)37-51(48)47-28-11-13-30-50(47)58-65-55(41-22-8-3-9-23-41)62-56(66-58)44-25-16-24-42(36-44)45-26-17-34-59-38-45/h1-38H. The van der Waals surface area contributed by atoms with Gasteiger partial charge in [-0.1, -0.05) is 182 Å². The summed E-state index contributed by atoms with van der Waals surface area (Å²) in [5, 5.41) is 0. The molecule has 0 saturated carbocycles. The second-order valence-electron chi connectivity index (χ2n) is 15.6. The average Bonchev–Trinajstić information content (AvgIpc) is 3.41. The zero-order valence-corrected chi connectivity index (χ0v) is 35.5. The van der Waals surface area contributed by atoms with Crippen LogP contribution in [0.4, 0.5) is 0 Å². The van der Waals surface area contributed by atoms with Crippen molar-refractivity contribution < 1.29 is 0 Å². The Hall–Kier alpha value is -9.14. The molecule has 7 aromatic carbocycles. The first kappa shape index (κ1) is 39.7. The van der Waals surface area contributed by atoms with E-state index in [2.05, 4.69) is 77.8 Å². The summed E-state index contributed by atoms with van der Waals surface area (Å²) in [5.41, 5.74) is 12.9. The van der Waals surface area contributed by atoms with Gasteiger partial charge in [-0.25, -0.2) is 29.9 Å². The quantitative estimate of drug-likeness (QED) is 0.134. The topological polar surface area (TPSA) is 103 Å². The fraction of sp³-hybridized carbons (Fsp3) is 0. The van der Waals surface area contributed by atoms with Gasteiger partial charge in [0, 0.05) is 63.1 Å². The molecule has 0 atom stereocenters. The molecule has 8 nitrogen and oxygen atoms in total. The lowest BCUT2D eigenvalue weighted by atomic mass is 9.87. The van der Waals surface area contributed by atoms with E-state index in [1.807, 2.05) is 152 Å². The van der Waals surface area contributed by atoms with E-state index in [1.165, 1.54) is 0 Å². The van der Waals surface area contributed by atoms with Crippen LogP contribution in [0.5, 0.6) is 0 Å². The van der Waals surface area contributed by atoms with E-state index in [1.54, 1.807) is 6.20 Å². The summed E-state index contributed by atoms with van der Waals surface area (Å²) in [6.07, 6.45) is 5.47. The number of benzene rings is 7. The Labute approximate surface area is 382 Å². The highest BCUT2D eigenvalue weighted by molar-refractivity contribution is 5.96. The molecule has 0 amide bonds. The van der Waals surface area contributed by atoms with Crippen LogP contribution in [-0.4, -0.2) is 39.9 Å². The Kier molecular flexibility index (Phi) is 10.8. The van der Waals surface area contributed by atoms with E-state index in [0.717, 1.165) is 78.0 Å².